The van der Waals surface area contributed by atoms with Crippen molar-refractivity contribution < 1.29 is 4.74 Å². The van der Waals surface area contributed by atoms with Gasteiger partial charge >= 0.3 is 0 Å². The number of para-hydroxylation sites is 1. The van der Waals surface area contributed by atoms with Gasteiger partial charge in [-0.1, -0.05) is 36.4 Å². The number of nitrogens with two attached hydrogens (primary N) is 1. The van der Waals surface area contributed by atoms with Crippen molar-refractivity contribution in [2.24, 2.45) is 5.73 Å². The number of benzene rings is 2. The van der Waals surface area contributed by atoms with Crippen molar-refractivity contribution in [1.29, 1.82) is 0 Å². The third kappa shape index (κ3) is 3.87. The van der Waals surface area contributed by atoms with Gasteiger partial charge in [0.25, 0.3) is 0 Å². The molecule has 0 atom stereocenters. The van der Waals surface area contributed by atoms with Crippen LogP contribution in [0.5, 0.6) is 5.75 Å². The summed E-state index contributed by atoms with van der Waals surface area (Å²) in [4.78, 5) is 13.9. The molecule has 0 fully saturated rings. The first-order valence-corrected chi connectivity index (χ1v) is 11.2. The Hall–Kier alpha value is -4.97. The molecule has 6 aromatic rings. The number of hydrogen-bond donors (Lipinski definition) is 1. The van der Waals surface area contributed by atoms with E-state index in [2.05, 4.69) is 15.5 Å². The van der Waals surface area contributed by atoms with Gasteiger partial charge in [-0.25, -0.2) is 9.97 Å². The number of allylic oxidation sites excluding steroid dienone is 2. The second kappa shape index (κ2) is 8.76. The van der Waals surface area contributed by atoms with E-state index in [1.807, 2.05) is 79.0 Å². The van der Waals surface area contributed by atoms with Crippen LogP contribution < -0.4 is 10.5 Å². The van der Waals surface area contributed by atoms with Gasteiger partial charge in [0.1, 0.15) is 16.9 Å². The number of ether oxygens (including phenoxy) is 1. The average molecular weight is 456 g/mol. The zero-order valence-electron chi connectivity index (χ0n) is 18.7. The number of hydrogen-bond acceptors (Lipinski definition) is 5. The molecule has 0 saturated carbocycles. The second-order valence-corrected chi connectivity index (χ2v) is 8.05. The summed E-state index contributed by atoms with van der Waals surface area (Å²) in [5, 5.41) is 1.03. The molecule has 168 valence electrons. The Morgan fingerprint density at radius 1 is 0.886 bits per heavy atom. The predicted molar refractivity (Wildman–Crippen MR) is 140 cm³/mol. The van der Waals surface area contributed by atoms with Crippen molar-refractivity contribution in [3.63, 3.8) is 0 Å². The summed E-state index contributed by atoms with van der Waals surface area (Å²) in [7, 11) is 0. The monoisotopic (exact) mass is 455 g/mol. The van der Waals surface area contributed by atoms with Crippen LogP contribution in [-0.4, -0.2) is 19.4 Å². The van der Waals surface area contributed by atoms with E-state index in [4.69, 9.17) is 20.4 Å². The van der Waals surface area contributed by atoms with E-state index in [1.165, 1.54) is 0 Å². The fraction of sp³-hybridized carbons (Fsp3) is 0. The molecule has 0 bridgehead atoms. The predicted octanol–water partition coefficient (Wildman–Crippen LogP) is 5.99. The molecule has 6 heteroatoms. The highest BCUT2D eigenvalue weighted by atomic mass is 16.5. The lowest BCUT2D eigenvalue weighted by atomic mass is 10.1. The van der Waals surface area contributed by atoms with E-state index >= 15 is 0 Å². The Morgan fingerprint density at radius 3 is 2.66 bits per heavy atom. The summed E-state index contributed by atoms with van der Waals surface area (Å²) in [6.45, 7) is 0. The zero-order chi connectivity index (χ0) is 23.6. The highest BCUT2D eigenvalue weighted by molar-refractivity contribution is 6.09. The van der Waals surface area contributed by atoms with Gasteiger partial charge in [0, 0.05) is 40.8 Å². The van der Waals surface area contributed by atoms with E-state index in [-0.39, 0.29) is 0 Å². The molecule has 4 aromatic heterocycles. The first kappa shape index (κ1) is 20.6. The highest BCUT2D eigenvalue weighted by Crippen LogP contribution is 2.34. The maximum Gasteiger partial charge on any atom is 0.137 e. The van der Waals surface area contributed by atoms with Crippen molar-refractivity contribution in [3.8, 4) is 17.0 Å². The summed E-state index contributed by atoms with van der Waals surface area (Å²) < 4.78 is 7.97. The van der Waals surface area contributed by atoms with Crippen LogP contribution in [0, 0.1) is 0 Å². The van der Waals surface area contributed by atoms with Crippen LogP contribution in [0.25, 0.3) is 44.5 Å². The minimum atomic E-state index is 0.636. The smallest absolute Gasteiger partial charge is 0.137 e. The molecular weight excluding hydrogens is 434 g/mol. The number of aromatic nitrogens is 4. The fourth-order valence-electron chi connectivity index (χ4n) is 4.17. The molecule has 0 aliphatic heterocycles. The SMILES string of the molecule is N/C(=C\C=C/Oc1cccc(-c2nc3ccccc3c3nc4ccccn4c23)c1)c1ccncc1. The third-order valence-electron chi connectivity index (χ3n) is 5.83. The highest BCUT2D eigenvalue weighted by Gasteiger charge is 2.16. The van der Waals surface area contributed by atoms with Gasteiger partial charge in [-0.3, -0.25) is 9.38 Å². The molecule has 0 saturated heterocycles. The molecule has 2 aromatic carbocycles. The number of pyridine rings is 3. The minimum Gasteiger partial charge on any atom is -0.465 e. The molecule has 0 spiro atoms. The molecule has 6 nitrogen and oxygen atoms in total. The summed E-state index contributed by atoms with van der Waals surface area (Å²) >= 11 is 0. The number of nitrogens with zero attached hydrogens (tertiary/aromatic N) is 4. The molecule has 4 heterocycles. The molecule has 0 aliphatic carbocycles. The number of fused-ring (bicyclic) bond motifs is 5. The summed E-state index contributed by atoms with van der Waals surface area (Å²) in [6, 6.07) is 25.7. The molecule has 0 aliphatic rings. The average Bonchev–Trinajstić information content (AvgIpc) is 3.31. The standard InChI is InChI=1S/C29H21N5O/c30-24(20-13-15-31-16-14-20)10-6-18-35-22-8-5-7-21(19-22)27-29-28(23-9-1-2-11-25(23)32-27)33-26-12-3-4-17-34(26)29/h1-19H,30H2/b18-6-,24-10-. The Morgan fingerprint density at radius 2 is 1.74 bits per heavy atom. The van der Waals surface area contributed by atoms with Crippen molar-refractivity contribution in [2.75, 3.05) is 0 Å². The van der Waals surface area contributed by atoms with Crippen LogP contribution in [0.4, 0.5) is 0 Å². The van der Waals surface area contributed by atoms with Crippen molar-refractivity contribution in [1.82, 2.24) is 19.4 Å². The molecule has 2 N–H and O–H groups in total. The van der Waals surface area contributed by atoms with Crippen molar-refractivity contribution in [3.05, 3.63) is 121 Å². The fourth-order valence-corrected chi connectivity index (χ4v) is 4.17. The van der Waals surface area contributed by atoms with Gasteiger partial charge in [-0.15, -0.1) is 0 Å². The van der Waals surface area contributed by atoms with Gasteiger partial charge in [-0.2, -0.15) is 0 Å². The van der Waals surface area contributed by atoms with Crippen LogP contribution >= 0.6 is 0 Å². The topological polar surface area (TPSA) is 78.3 Å². The summed E-state index contributed by atoms with van der Waals surface area (Å²) in [5.41, 5.74) is 13.2. The van der Waals surface area contributed by atoms with E-state index in [1.54, 1.807) is 30.8 Å². The minimum absolute atomic E-state index is 0.636. The Kier molecular flexibility index (Phi) is 5.16. The van der Waals surface area contributed by atoms with Crippen LogP contribution in [0.15, 0.2) is 116 Å². The van der Waals surface area contributed by atoms with Crippen LogP contribution in [0.2, 0.25) is 0 Å². The number of rotatable bonds is 5. The van der Waals surface area contributed by atoms with E-state index in [0.717, 1.165) is 44.4 Å². The van der Waals surface area contributed by atoms with Crippen molar-refractivity contribution >= 4 is 33.3 Å². The van der Waals surface area contributed by atoms with E-state index in [0.29, 0.717) is 11.4 Å². The third-order valence-corrected chi connectivity index (χ3v) is 5.83. The zero-order valence-corrected chi connectivity index (χ0v) is 18.7. The van der Waals surface area contributed by atoms with E-state index in [9.17, 15) is 0 Å². The molecule has 6 rings (SSSR count). The first-order valence-electron chi connectivity index (χ1n) is 11.2. The quantitative estimate of drug-likeness (QED) is 0.255. The lowest BCUT2D eigenvalue weighted by Crippen LogP contribution is -1.95. The first-order chi connectivity index (χ1) is 17.3. The second-order valence-electron chi connectivity index (χ2n) is 8.05. The van der Waals surface area contributed by atoms with Gasteiger partial charge in [0.2, 0.25) is 0 Å². The van der Waals surface area contributed by atoms with Gasteiger partial charge in [-0.05, 0) is 54.6 Å². The lowest BCUT2D eigenvalue weighted by Gasteiger charge is -2.09. The van der Waals surface area contributed by atoms with Crippen LogP contribution in [0.3, 0.4) is 0 Å². The summed E-state index contributed by atoms with van der Waals surface area (Å²) in [5.74, 6) is 0.701. The Bertz CT molecular complexity index is 1730. The molecule has 0 radical (unpaired) electrons. The normalized spacial score (nSPS) is 12.2. The van der Waals surface area contributed by atoms with Gasteiger partial charge in [0.15, 0.2) is 0 Å². The Balaban J connectivity index is 1.39. The molecule has 0 amide bonds. The van der Waals surface area contributed by atoms with Crippen molar-refractivity contribution in [2.45, 2.75) is 0 Å². The largest absolute Gasteiger partial charge is 0.465 e. The maximum atomic E-state index is 6.12. The van der Waals surface area contributed by atoms with Crippen LogP contribution in [0.1, 0.15) is 5.56 Å². The van der Waals surface area contributed by atoms with Gasteiger partial charge < -0.3 is 10.5 Å². The molecule has 35 heavy (non-hydrogen) atoms. The number of imidazole rings is 1. The maximum absolute atomic E-state index is 6.12. The lowest BCUT2D eigenvalue weighted by molar-refractivity contribution is 0.481. The van der Waals surface area contributed by atoms with E-state index < -0.39 is 0 Å². The Labute approximate surface area is 201 Å². The summed E-state index contributed by atoms with van der Waals surface area (Å²) in [6.07, 6.45) is 10.6. The van der Waals surface area contributed by atoms with Crippen LogP contribution in [-0.2, 0) is 0 Å². The van der Waals surface area contributed by atoms with Gasteiger partial charge in [0.05, 0.1) is 23.0 Å². The molecular formula is C29H21N5O. The molecule has 0 unspecified atom stereocenters.